The summed E-state index contributed by atoms with van der Waals surface area (Å²) in [5, 5.41) is 10.8. The molecule has 0 atom stereocenters. The fraction of sp³-hybridized carbons (Fsp3) is 0.474. The molecule has 0 unspecified atom stereocenters. The first kappa shape index (κ1) is 18.1. The van der Waals surface area contributed by atoms with Gasteiger partial charge in [-0.2, -0.15) is 0 Å². The van der Waals surface area contributed by atoms with Crippen molar-refractivity contribution in [3.63, 3.8) is 0 Å². The summed E-state index contributed by atoms with van der Waals surface area (Å²) < 4.78 is 1.34. The molecule has 2 aromatic heterocycles. The fourth-order valence-corrected chi connectivity index (χ4v) is 3.52. The predicted molar refractivity (Wildman–Crippen MR) is 99.9 cm³/mol. The van der Waals surface area contributed by atoms with Crippen LogP contribution >= 0.6 is 0 Å². The molecular weight excluding hydrogens is 332 g/mol. The summed E-state index contributed by atoms with van der Waals surface area (Å²) in [5.74, 6) is -0.266. The van der Waals surface area contributed by atoms with E-state index in [0.717, 1.165) is 37.7 Å². The van der Waals surface area contributed by atoms with Gasteiger partial charge in [-0.25, -0.2) is 4.79 Å². The van der Waals surface area contributed by atoms with Crippen molar-refractivity contribution in [1.82, 2.24) is 14.5 Å². The monoisotopic (exact) mass is 356 g/mol. The highest BCUT2D eigenvalue weighted by molar-refractivity contribution is 6.01. The number of H-pyrrole nitrogens is 1. The quantitative estimate of drug-likeness (QED) is 0.804. The van der Waals surface area contributed by atoms with Crippen molar-refractivity contribution >= 4 is 5.71 Å². The van der Waals surface area contributed by atoms with Gasteiger partial charge < -0.3 is 5.11 Å². The maximum absolute atomic E-state index is 12.4. The molecule has 2 aromatic rings. The molecule has 0 radical (unpaired) electrons. The normalized spacial score (nSPS) is 16.0. The molecule has 26 heavy (non-hydrogen) atoms. The first-order valence-corrected chi connectivity index (χ1v) is 9.12. The Morgan fingerprint density at radius 2 is 2.12 bits per heavy atom. The molecule has 2 N–H and O–H groups in total. The van der Waals surface area contributed by atoms with Crippen LogP contribution in [0.4, 0.5) is 0 Å². The third kappa shape index (κ3) is 3.76. The van der Waals surface area contributed by atoms with Crippen molar-refractivity contribution in [2.45, 2.75) is 58.0 Å². The largest absolute Gasteiger partial charge is 0.494 e. The Bertz CT molecular complexity index is 893. The lowest BCUT2D eigenvalue weighted by atomic mass is 9.95. The molecule has 1 saturated carbocycles. The van der Waals surface area contributed by atoms with Crippen LogP contribution in [0, 0.1) is 0 Å². The second-order valence-corrected chi connectivity index (χ2v) is 6.60. The van der Waals surface area contributed by atoms with Gasteiger partial charge in [-0.15, -0.1) is 0 Å². The first-order valence-electron chi connectivity index (χ1n) is 9.12. The molecule has 0 aliphatic heterocycles. The topological polar surface area (TPSA) is 100 Å². The molecule has 3 rings (SSSR count). The van der Waals surface area contributed by atoms with Gasteiger partial charge in [-0.05, 0) is 30.9 Å². The lowest BCUT2D eigenvalue weighted by molar-refractivity contribution is 0.298. The maximum atomic E-state index is 12.4. The molecule has 1 fully saturated rings. The van der Waals surface area contributed by atoms with E-state index in [1.54, 1.807) is 12.4 Å². The van der Waals surface area contributed by atoms with Crippen LogP contribution in [0.2, 0.25) is 0 Å². The van der Waals surface area contributed by atoms with Gasteiger partial charge in [0, 0.05) is 18.4 Å². The third-order valence-corrected chi connectivity index (χ3v) is 4.86. The number of aromatic nitrogens is 3. The van der Waals surface area contributed by atoms with Crippen molar-refractivity contribution in [2.75, 3.05) is 0 Å². The van der Waals surface area contributed by atoms with Crippen LogP contribution in [0.25, 0.3) is 0 Å². The number of aliphatic imine (C=N–C) groups is 1. The van der Waals surface area contributed by atoms with E-state index in [1.165, 1.54) is 4.57 Å². The molecule has 0 bridgehead atoms. The Hall–Kier alpha value is -2.70. The van der Waals surface area contributed by atoms with E-state index in [2.05, 4.69) is 15.0 Å². The zero-order valence-electron chi connectivity index (χ0n) is 14.9. The number of pyridine rings is 1. The van der Waals surface area contributed by atoms with Crippen molar-refractivity contribution < 1.29 is 5.11 Å². The van der Waals surface area contributed by atoms with Crippen LogP contribution in [-0.2, 0) is 6.54 Å². The third-order valence-electron chi connectivity index (χ3n) is 4.86. The SMILES string of the molecule is CCC(=NCc1cccnc1)c1c(O)n(C2CCCCC2)c(=O)[nH]c1=O. The molecule has 7 nitrogen and oxygen atoms in total. The molecule has 1 aliphatic carbocycles. The van der Waals surface area contributed by atoms with Gasteiger partial charge in [0.2, 0.25) is 5.88 Å². The summed E-state index contributed by atoms with van der Waals surface area (Å²) in [5.41, 5.74) is 0.353. The molecule has 0 aromatic carbocycles. The summed E-state index contributed by atoms with van der Waals surface area (Å²) in [4.78, 5) is 35.6. The summed E-state index contributed by atoms with van der Waals surface area (Å²) in [7, 11) is 0. The van der Waals surface area contributed by atoms with E-state index in [-0.39, 0.29) is 17.5 Å². The van der Waals surface area contributed by atoms with Gasteiger partial charge in [0.25, 0.3) is 5.56 Å². The Kier molecular flexibility index (Phi) is 5.65. The first-order chi connectivity index (χ1) is 12.6. The average Bonchev–Trinajstić information content (AvgIpc) is 2.65. The highest BCUT2D eigenvalue weighted by Crippen LogP contribution is 2.30. The van der Waals surface area contributed by atoms with Crippen molar-refractivity contribution in [3.8, 4) is 5.88 Å². The zero-order valence-corrected chi connectivity index (χ0v) is 14.9. The molecule has 2 heterocycles. The highest BCUT2D eigenvalue weighted by Gasteiger charge is 2.24. The minimum atomic E-state index is -0.591. The van der Waals surface area contributed by atoms with E-state index < -0.39 is 11.2 Å². The molecule has 7 heteroatoms. The highest BCUT2D eigenvalue weighted by atomic mass is 16.3. The van der Waals surface area contributed by atoms with E-state index in [1.807, 2.05) is 19.1 Å². The van der Waals surface area contributed by atoms with Gasteiger partial charge in [0.05, 0.1) is 12.3 Å². The lowest BCUT2D eigenvalue weighted by Gasteiger charge is -2.25. The minimum absolute atomic E-state index is 0.0803. The number of nitrogens with one attached hydrogen (secondary N) is 1. The van der Waals surface area contributed by atoms with E-state index in [4.69, 9.17) is 0 Å². The minimum Gasteiger partial charge on any atom is -0.494 e. The van der Waals surface area contributed by atoms with Crippen molar-refractivity contribution in [3.05, 3.63) is 56.5 Å². The molecule has 0 spiro atoms. The van der Waals surface area contributed by atoms with Crippen molar-refractivity contribution in [2.24, 2.45) is 4.99 Å². The van der Waals surface area contributed by atoms with Crippen LogP contribution in [0.15, 0.2) is 39.1 Å². The lowest BCUT2D eigenvalue weighted by Crippen LogP contribution is -2.36. The van der Waals surface area contributed by atoms with Gasteiger partial charge in [0.1, 0.15) is 5.56 Å². The van der Waals surface area contributed by atoms with Gasteiger partial charge in [0.15, 0.2) is 0 Å². The number of hydrogen-bond donors (Lipinski definition) is 2. The van der Waals surface area contributed by atoms with Crippen LogP contribution in [0.1, 0.15) is 62.6 Å². The summed E-state index contributed by atoms with van der Waals surface area (Å²) in [6, 6.07) is 3.64. The molecule has 138 valence electrons. The predicted octanol–water partition coefficient (Wildman–Crippen LogP) is 2.54. The zero-order chi connectivity index (χ0) is 18.5. The smallest absolute Gasteiger partial charge is 0.331 e. The standard InChI is InChI=1S/C19H24N4O3/c1-2-15(21-12-13-7-6-10-20-11-13)16-17(24)22-19(26)23(18(16)25)14-8-4-3-5-9-14/h6-7,10-11,14,25H,2-5,8-9,12H2,1H3,(H,22,24,26). The van der Waals surface area contributed by atoms with E-state index >= 15 is 0 Å². The Morgan fingerprint density at radius 3 is 2.77 bits per heavy atom. The Balaban J connectivity index is 2.02. The van der Waals surface area contributed by atoms with Crippen LogP contribution in [-0.4, -0.2) is 25.4 Å². The van der Waals surface area contributed by atoms with E-state index in [0.29, 0.717) is 18.7 Å². The number of aromatic hydroxyl groups is 1. The Labute approximate surface area is 151 Å². The number of nitrogens with zero attached hydrogens (tertiary/aromatic N) is 3. The molecule has 0 amide bonds. The summed E-state index contributed by atoms with van der Waals surface area (Å²) in [6.07, 6.45) is 8.69. The van der Waals surface area contributed by atoms with Gasteiger partial charge >= 0.3 is 5.69 Å². The summed E-state index contributed by atoms with van der Waals surface area (Å²) >= 11 is 0. The second kappa shape index (κ2) is 8.12. The number of aromatic amines is 1. The second-order valence-electron chi connectivity index (χ2n) is 6.60. The van der Waals surface area contributed by atoms with Gasteiger partial charge in [-0.3, -0.25) is 24.3 Å². The molecule has 1 aliphatic rings. The molecular formula is C19H24N4O3. The maximum Gasteiger partial charge on any atom is 0.331 e. The number of hydrogen-bond acceptors (Lipinski definition) is 5. The fourth-order valence-electron chi connectivity index (χ4n) is 3.52. The molecule has 0 saturated heterocycles. The van der Waals surface area contributed by atoms with Gasteiger partial charge in [-0.1, -0.05) is 32.3 Å². The van der Waals surface area contributed by atoms with Crippen LogP contribution < -0.4 is 11.2 Å². The Morgan fingerprint density at radius 1 is 1.35 bits per heavy atom. The van der Waals surface area contributed by atoms with Crippen LogP contribution in [0.3, 0.4) is 0 Å². The average molecular weight is 356 g/mol. The summed E-state index contributed by atoms with van der Waals surface area (Å²) in [6.45, 7) is 2.23. The van der Waals surface area contributed by atoms with E-state index in [9.17, 15) is 14.7 Å². The van der Waals surface area contributed by atoms with Crippen molar-refractivity contribution in [1.29, 1.82) is 0 Å². The number of rotatable bonds is 5. The van der Waals surface area contributed by atoms with Crippen LogP contribution in [0.5, 0.6) is 5.88 Å².